The molecule has 5 heteroatoms. The molecule has 1 N–H and O–H groups in total. The number of carbonyl (C=O) groups excluding carboxylic acids is 1. The number of benzene rings is 2. The quantitative estimate of drug-likeness (QED) is 0.610. The van der Waals surface area contributed by atoms with E-state index in [1.807, 2.05) is 55.6 Å². The zero-order valence-corrected chi connectivity index (χ0v) is 15.6. The SMILES string of the molecule is Cc1ccc(NC(=O)c2cc(COc3cccc(Cl)c3)cs2)c(C)c1. The van der Waals surface area contributed by atoms with Crippen molar-refractivity contribution < 1.29 is 9.53 Å². The fourth-order valence-electron chi connectivity index (χ4n) is 2.43. The average Bonchev–Trinajstić information content (AvgIpc) is 3.05. The van der Waals surface area contributed by atoms with Gasteiger partial charge in [0.1, 0.15) is 12.4 Å². The standard InChI is InChI=1S/C20H18ClNO2S/c1-13-6-7-18(14(2)8-13)22-20(23)19-9-15(12-25-19)11-24-17-5-3-4-16(21)10-17/h3-10,12H,11H2,1-2H3,(H,22,23). The zero-order chi connectivity index (χ0) is 17.8. The van der Waals surface area contributed by atoms with E-state index in [0.717, 1.165) is 16.8 Å². The van der Waals surface area contributed by atoms with Crippen LogP contribution in [0.2, 0.25) is 5.02 Å². The summed E-state index contributed by atoms with van der Waals surface area (Å²) in [6, 6.07) is 15.1. The number of hydrogen-bond acceptors (Lipinski definition) is 3. The van der Waals surface area contributed by atoms with Crippen molar-refractivity contribution in [2.45, 2.75) is 20.5 Å². The lowest BCUT2D eigenvalue weighted by Gasteiger charge is -2.08. The topological polar surface area (TPSA) is 38.3 Å². The summed E-state index contributed by atoms with van der Waals surface area (Å²) in [7, 11) is 0. The van der Waals surface area contributed by atoms with Crippen LogP contribution in [0.1, 0.15) is 26.4 Å². The molecule has 0 spiro atoms. The second-order valence-electron chi connectivity index (χ2n) is 5.84. The Bertz CT molecular complexity index is 904. The van der Waals surface area contributed by atoms with Crippen LogP contribution in [0.3, 0.4) is 0 Å². The molecule has 1 aromatic heterocycles. The molecule has 0 fully saturated rings. The molecule has 0 aliphatic rings. The van der Waals surface area contributed by atoms with E-state index >= 15 is 0 Å². The second kappa shape index (κ2) is 7.72. The number of nitrogens with one attached hydrogen (secondary N) is 1. The molecule has 25 heavy (non-hydrogen) atoms. The van der Waals surface area contributed by atoms with Crippen molar-refractivity contribution in [3.05, 3.63) is 80.5 Å². The highest BCUT2D eigenvalue weighted by molar-refractivity contribution is 7.12. The Morgan fingerprint density at radius 3 is 2.76 bits per heavy atom. The van der Waals surface area contributed by atoms with Gasteiger partial charge in [-0.3, -0.25) is 4.79 Å². The lowest BCUT2D eigenvalue weighted by molar-refractivity contribution is 0.103. The molecular weight excluding hydrogens is 354 g/mol. The molecule has 0 aliphatic heterocycles. The average molecular weight is 372 g/mol. The van der Waals surface area contributed by atoms with E-state index in [2.05, 4.69) is 5.32 Å². The summed E-state index contributed by atoms with van der Waals surface area (Å²) < 4.78 is 5.71. The number of rotatable bonds is 5. The normalized spacial score (nSPS) is 10.5. The first-order valence-electron chi connectivity index (χ1n) is 7.85. The molecule has 1 heterocycles. The molecule has 3 aromatic rings. The summed E-state index contributed by atoms with van der Waals surface area (Å²) in [4.78, 5) is 13.1. The van der Waals surface area contributed by atoms with E-state index < -0.39 is 0 Å². The van der Waals surface area contributed by atoms with Gasteiger partial charge in [0.25, 0.3) is 5.91 Å². The van der Waals surface area contributed by atoms with Gasteiger partial charge in [-0.25, -0.2) is 0 Å². The van der Waals surface area contributed by atoms with Crippen LogP contribution in [0.15, 0.2) is 53.9 Å². The van der Waals surface area contributed by atoms with Crippen LogP contribution in [-0.2, 0) is 6.61 Å². The van der Waals surface area contributed by atoms with Gasteiger partial charge < -0.3 is 10.1 Å². The summed E-state index contributed by atoms with van der Waals surface area (Å²) in [6.45, 7) is 4.42. The van der Waals surface area contributed by atoms with E-state index in [4.69, 9.17) is 16.3 Å². The minimum atomic E-state index is -0.106. The van der Waals surface area contributed by atoms with Crippen molar-refractivity contribution in [3.8, 4) is 5.75 Å². The van der Waals surface area contributed by atoms with Crippen molar-refractivity contribution in [3.63, 3.8) is 0 Å². The first-order valence-corrected chi connectivity index (χ1v) is 9.11. The third-order valence-corrected chi connectivity index (χ3v) is 4.92. The van der Waals surface area contributed by atoms with Crippen LogP contribution in [0.4, 0.5) is 5.69 Å². The molecule has 1 amide bonds. The minimum Gasteiger partial charge on any atom is -0.489 e. The Morgan fingerprint density at radius 1 is 1.16 bits per heavy atom. The second-order valence-corrected chi connectivity index (χ2v) is 7.19. The molecule has 0 aliphatic carbocycles. The number of anilines is 1. The maximum absolute atomic E-state index is 12.4. The first kappa shape index (κ1) is 17.5. The highest BCUT2D eigenvalue weighted by Gasteiger charge is 2.11. The van der Waals surface area contributed by atoms with Crippen molar-refractivity contribution in [1.29, 1.82) is 0 Å². The summed E-state index contributed by atoms with van der Waals surface area (Å²) in [6.07, 6.45) is 0. The van der Waals surface area contributed by atoms with E-state index in [9.17, 15) is 4.79 Å². The van der Waals surface area contributed by atoms with Crippen LogP contribution in [0.25, 0.3) is 0 Å². The van der Waals surface area contributed by atoms with Crippen molar-refractivity contribution in [2.75, 3.05) is 5.32 Å². The lowest BCUT2D eigenvalue weighted by atomic mass is 10.1. The maximum atomic E-state index is 12.4. The van der Waals surface area contributed by atoms with Gasteiger partial charge in [-0.05, 0) is 55.1 Å². The van der Waals surface area contributed by atoms with Gasteiger partial charge in [-0.15, -0.1) is 11.3 Å². The maximum Gasteiger partial charge on any atom is 0.265 e. The highest BCUT2D eigenvalue weighted by atomic mass is 35.5. The van der Waals surface area contributed by atoms with Crippen LogP contribution in [0, 0.1) is 13.8 Å². The molecule has 0 radical (unpaired) electrons. The summed E-state index contributed by atoms with van der Waals surface area (Å²) in [5, 5.41) is 5.53. The number of carbonyl (C=O) groups is 1. The molecule has 0 saturated heterocycles. The molecule has 128 valence electrons. The van der Waals surface area contributed by atoms with E-state index in [-0.39, 0.29) is 5.91 Å². The monoisotopic (exact) mass is 371 g/mol. The van der Waals surface area contributed by atoms with Crippen LogP contribution in [0.5, 0.6) is 5.75 Å². The zero-order valence-electron chi connectivity index (χ0n) is 14.0. The Balaban J connectivity index is 1.63. The minimum absolute atomic E-state index is 0.106. The fourth-order valence-corrected chi connectivity index (χ4v) is 3.40. The van der Waals surface area contributed by atoms with Crippen molar-refractivity contribution in [2.24, 2.45) is 0 Å². The van der Waals surface area contributed by atoms with E-state index in [1.165, 1.54) is 16.9 Å². The number of amides is 1. The first-order chi connectivity index (χ1) is 12.0. The molecule has 3 nitrogen and oxygen atoms in total. The highest BCUT2D eigenvalue weighted by Crippen LogP contribution is 2.22. The van der Waals surface area contributed by atoms with E-state index in [1.54, 1.807) is 12.1 Å². The molecule has 0 saturated carbocycles. The summed E-state index contributed by atoms with van der Waals surface area (Å²) >= 11 is 7.35. The summed E-state index contributed by atoms with van der Waals surface area (Å²) in [5.74, 6) is 0.603. The number of hydrogen-bond donors (Lipinski definition) is 1. The Morgan fingerprint density at radius 2 is 2.00 bits per heavy atom. The van der Waals surface area contributed by atoms with Crippen molar-refractivity contribution >= 4 is 34.5 Å². The third-order valence-electron chi connectivity index (χ3n) is 3.71. The Labute approximate surface area is 156 Å². The fraction of sp³-hybridized carbons (Fsp3) is 0.150. The van der Waals surface area contributed by atoms with Gasteiger partial charge in [0.15, 0.2) is 0 Å². The number of ether oxygens (including phenoxy) is 1. The largest absolute Gasteiger partial charge is 0.489 e. The van der Waals surface area contributed by atoms with Gasteiger partial charge in [0.2, 0.25) is 0 Å². The summed E-state index contributed by atoms with van der Waals surface area (Å²) in [5.41, 5.74) is 4.01. The lowest BCUT2D eigenvalue weighted by Crippen LogP contribution is -2.11. The molecule has 0 bridgehead atoms. The van der Waals surface area contributed by atoms with Gasteiger partial charge in [0.05, 0.1) is 4.88 Å². The molecule has 3 rings (SSSR count). The predicted octanol–water partition coefficient (Wildman–Crippen LogP) is 5.85. The van der Waals surface area contributed by atoms with Crippen LogP contribution < -0.4 is 10.1 Å². The predicted molar refractivity (Wildman–Crippen MR) is 104 cm³/mol. The molecule has 0 unspecified atom stereocenters. The third kappa shape index (κ3) is 4.62. The number of thiophene rings is 1. The van der Waals surface area contributed by atoms with Gasteiger partial charge in [-0.1, -0.05) is 35.4 Å². The molecular formula is C20H18ClNO2S. The smallest absolute Gasteiger partial charge is 0.265 e. The van der Waals surface area contributed by atoms with E-state index in [0.29, 0.717) is 22.3 Å². The van der Waals surface area contributed by atoms with Gasteiger partial charge in [0, 0.05) is 16.3 Å². The molecule has 0 atom stereocenters. The van der Waals surface area contributed by atoms with Crippen molar-refractivity contribution in [1.82, 2.24) is 0 Å². The van der Waals surface area contributed by atoms with Crippen LogP contribution in [-0.4, -0.2) is 5.91 Å². The van der Waals surface area contributed by atoms with Gasteiger partial charge in [-0.2, -0.15) is 0 Å². The number of halogens is 1. The Kier molecular flexibility index (Phi) is 5.41. The number of aryl methyl sites for hydroxylation is 2. The molecule has 2 aromatic carbocycles. The van der Waals surface area contributed by atoms with Gasteiger partial charge >= 0.3 is 0 Å². The van der Waals surface area contributed by atoms with Crippen LogP contribution >= 0.6 is 22.9 Å². The Hall–Kier alpha value is -2.30.